The van der Waals surface area contributed by atoms with Gasteiger partial charge in [-0.1, -0.05) is 12.1 Å². The molecule has 0 bridgehead atoms. The highest BCUT2D eigenvalue weighted by atomic mass is 79.9. The Bertz CT molecular complexity index is 439. The Morgan fingerprint density at radius 3 is 2.75 bits per heavy atom. The molecule has 1 saturated heterocycles. The number of likely N-dealkylation sites (tertiary alicyclic amines) is 1. The summed E-state index contributed by atoms with van der Waals surface area (Å²) in [6.07, 6.45) is -2.41. The Labute approximate surface area is 125 Å². The average molecular weight is 352 g/mol. The van der Waals surface area contributed by atoms with Gasteiger partial charge in [-0.3, -0.25) is 4.90 Å². The van der Waals surface area contributed by atoms with Crippen molar-refractivity contribution in [1.82, 2.24) is 4.90 Å². The molecule has 1 aromatic rings. The molecule has 20 heavy (non-hydrogen) atoms. The first-order chi connectivity index (χ1) is 9.44. The zero-order valence-corrected chi connectivity index (χ0v) is 12.6. The molecule has 1 fully saturated rings. The molecule has 1 aromatic carbocycles. The molecule has 1 unspecified atom stereocenters. The maximum atomic E-state index is 12.4. The van der Waals surface area contributed by atoms with E-state index in [2.05, 4.69) is 15.9 Å². The molecule has 2 nitrogen and oxygen atoms in total. The van der Waals surface area contributed by atoms with Crippen LogP contribution in [0.15, 0.2) is 28.7 Å². The van der Waals surface area contributed by atoms with E-state index < -0.39 is 12.7 Å². The number of benzene rings is 1. The monoisotopic (exact) mass is 351 g/mol. The molecule has 0 spiro atoms. The minimum Gasteiger partial charge on any atom is -0.492 e. The topological polar surface area (TPSA) is 12.5 Å². The van der Waals surface area contributed by atoms with Gasteiger partial charge in [0.25, 0.3) is 0 Å². The number of ether oxygens (including phenoxy) is 1. The summed E-state index contributed by atoms with van der Waals surface area (Å²) in [6, 6.07) is 7.49. The standard InChI is InChI=1S/C14H17BrF3NO/c15-12-5-1-2-6-13(12)20-9-11-4-3-7-19(8-11)10-14(16,17)18/h1-2,5-6,11H,3-4,7-10H2. The minimum atomic E-state index is -4.12. The first kappa shape index (κ1) is 15.6. The maximum Gasteiger partial charge on any atom is 0.401 e. The van der Waals surface area contributed by atoms with E-state index in [1.54, 1.807) is 0 Å². The molecule has 1 aliphatic heterocycles. The van der Waals surface area contributed by atoms with Crippen molar-refractivity contribution in [2.75, 3.05) is 26.2 Å². The van der Waals surface area contributed by atoms with Crippen LogP contribution in [0.1, 0.15) is 12.8 Å². The van der Waals surface area contributed by atoms with Crippen molar-refractivity contribution in [2.24, 2.45) is 5.92 Å². The summed E-state index contributed by atoms with van der Waals surface area (Å²) in [5.74, 6) is 0.888. The van der Waals surface area contributed by atoms with Crippen LogP contribution in [0.25, 0.3) is 0 Å². The van der Waals surface area contributed by atoms with Gasteiger partial charge in [0.1, 0.15) is 5.75 Å². The van der Waals surface area contributed by atoms with Crippen LogP contribution in [0.3, 0.4) is 0 Å². The van der Waals surface area contributed by atoms with E-state index in [1.807, 2.05) is 24.3 Å². The van der Waals surface area contributed by atoms with Crippen LogP contribution in [0.4, 0.5) is 13.2 Å². The van der Waals surface area contributed by atoms with E-state index in [0.29, 0.717) is 19.7 Å². The highest BCUT2D eigenvalue weighted by molar-refractivity contribution is 9.10. The van der Waals surface area contributed by atoms with Crippen LogP contribution >= 0.6 is 15.9 Å². The summed E-state index contributed by atoms with van der Waals surface area (Å²) in [5.41, 5.74) is 0. The number of nitrogens with zero attached hydrogens (tertiary/aromatic N) is 1. The number of alkyl halides is 3. The van der Waals surface area contributed by atoms with Crippen molar-refractivity contribution in [3.63, 3.8) is 0 Å². The molecule has 2 rings (SSSR count). The SMILES string of the molecule is FC(F)(F)CN1CCCC(COc2ccccc2Br)C1. The second-order valence-corrected chi connectivity index (χ2v) is 5.95. The summed E-state index contributed by atoms with van der Waals surface area (Å²) >= 11 is 3.39. The predicted molar refractivity (Wildman–Crippen MR) is 74.9 cm³/mol. The largest absolute Gasteiger partial charge is 0.492 e. The first-order valence-corrected chi connectivity index (χ1v) is 7.40. The van der Waals surface area contributed by atoms with Crippen molar-refractivity contribution in [1.29, 1.82) is 0 Å². The summed E-state index contributed by atoms with van der Waals surface area (Å²) in [5, 5.41) is 0. The van der Waals surface area contributed by atoms with Crippen molar-refractivity contribution >= 4 is 15.9 Å². The number of para-hydroxylation sites is 1. The molecule has 1 heterocycles. The third kappa shape index (κ3) is 4.98. The fourth-order valence-corrected chi connectivity index (χ4v) is 2.85. The highest BCUT2D eigenvalue weighted by Crippen LogP contribution is 2.26. The quantitative estimate of drug-likeness (QED) is 0.809. The minimum absolute atomic E-state index is 0.151. The van der Waals surface area contributed by atoms with Crippen molar-refractivity contribution in [2.45, 2.75) is 19.0 Å². The van der Waals surface area contributed by atoms with E-state index in [4.69, 9.17) is 4.74 Å². The van der Waals surface area contributed by atoms with E-state index in [-0.39, 0.29) is 5.92 Å². The van der Waals surface area contributed by atoms with Crippen LogP contribution in [-0.4, -0.2) is 37.3 Å². The van der Waals surface area contributed by atoms with E-state index >= 15 is 0 Å². The van der Waals surface area contributed by atoms with Gasteiger partial charge in [-0.15, -0.1) is 0 Å². The van der Waals surface area contributed by atoms with Crippen LogP contribution < -0.4 is 4.74 Å². The molecule has 0 aromatic heterocycles. The molecular formula is C14H17BrF3NO. The second-order valence-electron chi connectivity index (χ2n) is 5.10. The molecular weight excluding hydrogens is 335 g/mol. The van der Waals surface area contributed by atoms with E-state index in [1.165, 1.54) is 4.90 Å². The lowest BCUT2D eigenvalue weighted by Crippen LogP contribution is -2.42. The van der Waals surface area contributed by atoms with Gasteiger partial charge in [-0.2, -0.15) is 13.2 Å². The van der Waals surface area contributed by atoms with Crippen molar-refractivity contribution < 1.29 is 17.9 Å². The van der Waals surface area contributed by atoms with Gasteiger partial charge >= 0.3 is 6.18 Å². The molecule has 6 heteroatoms. The molecule has 0 amide bonds. The fourth-order valence-electron chi connectivity index (χ4n) is 2.45. The lowest BCUT2D eigenvalue weighted by atomic mass is 9.99. The molecule has 0 aliphatic carbocycles. The Morgan fingerprint density at radius 1 is 1.30 bits per heavy atom. The number of halogens is 4. The average Bonchev–Trinajstić information content (AvgIpc) is 2.36. The first-order valence-electron chi connectivity index (χ1n) is 6.60. The summed E-state index contributed by atoms with van der Waals surface area (Å²) < 4.78 is 43.7. The Morgan fingerprint density at radius 2 is 2.05 bits per heavy atom. The van der Waals surface area contributed by atoms with Gasteiger partial charge in [0.05, 0.1) is 17.6 Å². The van der Waals surface area contributed by atoms with Crippen LogP contribution in [-0.2, 0) is 0 Å². The van der Waals surface area contributed by atoms with Gasteiger partial charge in [0.2, 0.25) is 0 Å². The lowest BCUT2D eigenvalue weighted by molar-refractivity contribution is -0.149. The highest BCUT2D eigenvalue weighted by Gasteiger charge is 2.33. The number of hydrogen-bond donors (Lipinski definition) is 0. The summed E-state index contributed by atoms with van der Waals surface area (Å²) in [6.45, 7) is 0.602. The van der Waals surface area contributed by atoms with E-state index in [0.717, 1.165) is 23.1 Å². The number of hydrogen-bond acceptors (Lipinski definition) is 2. The Hall–Kier alpha value is -0.750. The Balaban J connectivity index is 1.83. The third-order valence-corrected chi connectivity index (χ3v) is 3.97. The van der Waals surface area contributed by atoms with Crippen LogP contribution in [0.2, 0.25) is 0 Å². The molecule has 112 valence electrons. The maximum absolute atomic E-state index is 12.4. The van der Waals surface area contributed by atoms with Crippen molar-refractivity contribution in [3.05, 3.63) is 28.7 Å². The van der Waals surface area contributed by atoms with Crippen LogP contribution in [0.5, 0.6) is 5.75 Å². The van der Waals surface area contributed by atoms with Crippen LogP contribution in [0, 0.1) is 5.92 Å². The van der Waals surface area contributed by atoms with Gasteiger partial charge < -0.3 is 4.74 Å². The fraction of sp³-hybridized carbons (Fsp3) is 0.571. The smallest absolute Gasteiger partial charge is 0.401 e. The number of rotatable bonds is 4. The lowest BCUT2D eigenvalue weighted by Gasteiger charge is -2.33. The molecule has 0 N–H and O–H groups in total. The zero-order valence-electron chi connectivity index (χ0n) is 11.0. The third-order valence-electron chi connectivity index (χ3n) is 3.32. The molecule has 1 aliphatic rings. The predicted octanol–water partition coefficient (Wildman–Crippen LogP) is 4.10. The summed E-state index contributed by atoms with van der Waals surface area (Å²) in [4.78, 5) is 1.47. The van der Waals surface area contributed by atoms with Gasteiger partial charge in [0, 0.05) is 12.5 Å². The van der Waals surface area contributed by atoms with Gasteiger partial charge in [-0.25, -0.2) is 0 Å². The summed E-state index contributed by atoms with van der Waals surface area (Å²) in [7, 11) is 0. The number of piperidine rings is 1. The van der Waals surface area contributed by atoms with E-state index in [9.17, 15) is 13.2 Å². The van der Waals surface area contributed by atoms with Gasteiger partial charge in [0.15, 0.2) is 0 Å². The van der Waals surface area contributed by atoms with Gasteiger partial charge in [-0.05, 0) is 47.4 Å². The normalized spacial score (nSPS) is 20.9. The second kappa shape index (κ2) is 6.80. The van der Waals surface area contributed by atoms with Crippen molar-refractivity contribution in [3.8, 4) is 5.75 Å². The molecule has 0 radical (unpaired) electrons. The zero-order chi connectivity index (χ0) is 14.6. The molecule has 0 saturated carbocycles. The Kier molecular flexibility index (Phi) is 5.32. The molecule has 1 atom stereocenters.